The summed E-state index contributed by atoms with van der Waals surface area (Å²) in [6.07, 6.45) is 0.784. The number of amides is 2. The number of thiazole rings is 1. The first kappa shape index (κ1) is 23.2. The van der Waals surface area contributed by atoms with E-state index in [4.69, 9.17) is 0 Å². The van der Waals surface area contributed by atoms with E-state index < -0.39 is 6.04 Å². The Balaban J connectivity index is 2.08. The van der Waals surface area contributed by atoms with Crippen molar-refractivity contribution in [2.75, 3.05) is 0 Å². The Labute approximate surface area is 192 Å². The molecule has 0 saturated heterocycles. The molecular formula is C24H29N3O2S2. The van der Waals surface area contributed by atoms with Crippen molar-refractivity contribution in [2.45, 2.75) is 59.2 Å². The number of aromatic nitrogens is 1. The largest absolute Gasteiger partial charge is 0.349 e. The lowest BCUT2D eigenvalue weighted by atomic mass is 9.98. The van der Waals surface area contributed by atoms with Gasteiger partial charge in [-0.2, -0.15) is 0 Å². The van der Waals surface area contributed by atoms with E-state index in [2.05, 4.69) is 10.3 Å². The third-order valence-corrected chi connectivity index (χ3v) is 7.21. The molecule has 0 aliphatic rings. The summed E-state index contributed by atoms with van der Waals surface area (Å²) in [7, 11) is 0. The van der Waals surface area contributed by atoms with Gasteiger partial charge in [-0.25, -0.2) is 4.98 Å². The molecule has 0 unspecified atom stereocenters. The van der Waals surface area contributed by atoms with E-state index in [-0.39, 0.29) is 17.4 Å². The molecule has 0 aliphatic heterocycles. The molecule has 0 fully saturated rings. The molecule has 2 heterocycles. The van der Waals surface area contributed by atoms with E-state index in [0.717, 1.165) is 21.9 Å². The van der Waals surface area contributed by atoms with Crippen LogP contribution in [0.4, 0.5) is 0 Å². The summed E-state index contributed by atoms with van der Waals surface area (Å²) >= 11 is 2.95. The summed E-state index contributed by atoms with van der Waals surface area (Å²) in [5, 5.41) is 5.97. The molecule has 2 aromatic heterocycles. The molecule has 1 atom stereocenters. The molecule has 0 saturated carbocycles. The monoisotopic (exact) mass is 455 g/mol. The Kier molecular flexibility index (Phi) is 7.28. The third kappa shape index (κ3) is 5.60. The SMILES string of the molecule is CCC(C)(C)NC(=O)[C@@H](c1ccccc1)N(Cc1cccs1)C(=O)c1sc(C)nc1C. The lowest BCUT2D eigenvalue weighted by Gasteiger charge is -2.34. The number of nitrogens with zero attached hydrogens (tertiary/aromatic N) is 2. The van der Waals surface area contributed by atoms with Crippen LogP contribution in [0.5, 0.6) is 0 Å². The second-order valence-electron chi connectivity index (χ2n) is 8.20. The molecule has 7 heteroatoms. The van der Waals surface area contributed by atoms with Crippen LogP contribution < -0.4 is 5.32 Å². The highest BCUT2D eigenvalue weighted by Crippen LogP contribution is 2.30. The number of hydrogen-bond donors (Lipinski definition) is 1. The average Bonchev–Trinajstić information content (AvgIpc) is 3.36. The fourth-order valence-electron chi connectivity index (χ4n) is 3.31. The minimum absolute atomic E-state index is 0.171. The summed E-state index contributed by atoms with van der Waals surface area (Å²) < 4.78 is 0. The number of hydrogen-bond acceptors (Lipinski definition) is 5. The average molecular weight is 456 g/mol. The van der Waals surface area contributed by atoms with Crippen LogP contribution in [-0.2, 0) is 11.3 Å². The van der Waals surface area contributed by atoms with Gasteiger partial charge in [0, 0.05) is 10.4 Å². The Morgan fingerprint density at radius 2 is 1.84 bits per heavy atom. The molecular weight excluding hydrogens is 426 g/mol. The van der Waals surface area contributed by atoms with E-state index >= 15 is 0 Å². The van der Waals surface area contributed by atoms with Crippen molar-refractivity contribution < 1.29 is 9.59 Å². The number of benzene rings is 1. The fraction of sp³-hybridized carbons (Fsp3) is 0.375. The van der Waals surface area contributed by atoms with Crippen molar-refractivity contribution in [3.8, 4) is 0 Å². The quantitative estimate of drug-likeness (QED) is 0.487. The van der Waals surface area contributed by atoms with Gasteiger partial charge in [-0.1, -0.05) is 43.3 Å². The molecule has 31 heavy (non-hydrogen) atoms. The Morgan fingerprint density at radius 1 is 1.13 bits per heavy atom. The Morgan fingerprint density at radius 3 is 2.39 bits per heavy atom. The van der Waals surface area contributed by atoms with Crippen LogP contribution in [0.2, 0.25) is 0 Å². The number of carbonyl (C=O) groups excluding carboxylic acids is 2. The highest BCUT2D eigenvalue weighted by atomic mass is 32.1. The van der Waals surface area contributed by atoms with Gasteiger partial charge in [-0.05, 0) is 51.1 Å². The third-order valence-electron chi connectivity index (χ3n) is 5.29. The summed E-state index contributed by atoms with van der Waals surface area (Å²) in [6, 6.07) is 12.7. The highest BCUT2D eigenvalue weighted by Gasteiger charge is 2.35. The second kappa shape index (κ2) is 9.75. The molecule has 3 rings (SSSR count). The fourth-order valence-corrected chi connectivity index (χ4v) is 4.89. The van der Waals surface area contributed by atoms with E-state index in [1.165, 1.54) is 11.3 Å². The molecule has 0 aliphatic carbocycles. The molecule has 0 spiro atoms. The van der Waals surface area contributed by atoms with Gasteiger partial charge < -0.3 is 10.2 Å². The van der Waals surface area contributed by atoms with E-state index in [9.17, 15) is 9.59 Å². The van der Waals surface area contributed by atoms with Crippen molar-refractivity contribution in [3.63, 3.8) is 0 Å². The van der Waals surface area contributed by atoms with Crippen molar-refractivity contribution in [1.82, 2.24) is 15.2 Å². The van der Waals surface area contributed by atoms with Crippen LogP contribution >= 0.6 is 22.7 Å². The van der Waals surface area contributed by atoms with Crippen LogP contribution in [0.1, 0.15) is 64.0 Å². The highest BCUT2D eigenvalue weighted by molar-refractivity contribution is 7.13. The first-order valence-electron chi connectivity index (χ1n) is 10.4. The second-order valence-corrected chi connectivity index (χ2v) is 10.4. The maximum Gasteiger partial charge on any atom is 0.267 e. The Bertz CT molecular complexity index is 1030. The molecule has 164 valence electrons. The van der Waals surface area contributed by atoms with Crippen LogP contribution in [0.25, 0.3) is 0 Å². The number of thiophene rings is 1. The van der Waals surface area contributed by atoms with Crippen LogP contribution in [0.3, 0.4) is 0 Å². The van der Waals surface area contributed by atoms with Crippen molar-refractivity contribution in [2.24, 2.45) is 0 Å². The first-order valence-corrected chi connectivity index (χ1v) is 12.1. The predicted octanol–water partition coefficient (Wildman–Crippen LogP) is 5.51. The zero-order valence-corrected chi connectivity index (χ0v) is 20.3. The Hall–Kier alpha value is -2.51. The minimum atomic E-state index is -0.747. The number of aryl methyl sites for hydroxylation is 2. The topological polar surface area (TPSA) is 62.3 Å². The van der Waals surface area contributed by atoms with Gasteiger partial charge in [0.25, 0.3) is 5.91 Å². The molecule has 0 radical (unpaired) electrons. The minimum Gasteiger partial charge on any atom is -0.349 e. The molecule has 0 bridgehead atoms. The van der Waals surface area contributed by atoms with Crippen molar-refractivity contribution in [3.05, 3.63) is 73.9 Å². The molecule has 3 aromatic rings. The lowest BCUT2D eigenvalue weighted by Crippen LogP contribution is -2.50. The van der Waals surface area contributed by atoms with Gasteiger partial charge in [0.1, 0.15) is 10.9 Å². The van der Waals surface area contributed by atoms with Gasteiger partial charge in [0.05, 0.1) is 17.2 Å². The molecule has 1 aromatic carbocycles. The summed E-state index contributed by atoms with van der Waals surface area (Å²) in [4.78, 5) is 35.1. The van der Waals surface area contributed by atoms with Gasteiger partial charge in [0.2, 0.25) is 5.91 Å². The number of rotatable bonds is 8. The van der Waals surface area contributed by atoms with Gasteiger partial charge in [-0.3, -0.25) is 9.59 Å². The smallest absolute Gasteiger partial charge is 0.267 e. The van der Waals surface area contributed by atoms with Gasteiger partial charge in [-0.15, -0.1) is 22.7 Å². The van der Waals surface area contributed by atoms with Crippen molar-refractivity contribution in [1.29, 1.82) is 0 Å². The summed E-state index contributed by atoms with van der Waals surface area (Å²) in [6.45, 7) is 10.1. The standard InChI is InChI=1S/C24H29N3O2S2/c1-6-24(4,5)26-22(28)20(18-11-8-7-9-12-18)27(15-19-13-10-14-30-19)23(29)21-16(2)25-17(3)31-21/h7-14,20H,6,15H2,1-5H3,(H,26,28)/t20-/m1/s1. The van der Waals surface area contributed by atoms with Crippen LogP contribution in [-0.4, -0.2) is 27.2 Å². The van der Waals surface area contributed by atoms with Gasteiger partial charge >= 0.3 is 0 Å². The van der Waals surface area contributed by atoms with Crippen molar-refractivity contribution >= 4 is 34.5 Å². The zero-order chi connectivity index (χ0) is 22.6. The van der Waals surface area contributed by atoms with Gasteiger partial charge in [0.15, 0.2) is 0 Å². The normalized spacial score (nSPS) is 12.4. The zero-order valence-electron chi connectivity index (χ0n) is 18.6. The maximum absolute atomic E-state index is 13.8. The first-order chi connectivity index (χ1) is 14.7. The summed E-state index contributed by atoms with van der Waals surface area (Å²) in [5.41, 5.74) is 1.11. The number of carbonyl (C=O) groups is 2. The summed E-state index contributed by atoms with van der Waals surface area (Å²) in [5.74, 6) is -0.350. The molecule has 5 nitrogen and oxygen atoms in total. The van der Waals surface area contributed by atoms with E-state index in [1.807, 2.05) is 82.5 Å². The van der Waals surface area contributed by atoms with E-state index in [0.29, 0.717) is 17.1 Å². The molecule has 2 amide bonds. The van der Waals surface area contributed by atoms with Crippen LogP contribution in [0, 0.1) is 13.8 Å². The van der Waals surface area contributed by atoms with E-state index in [1.54, 1.807) is 16.2 Å². The van der Waals surface area contributed by atoms with Crippen LogP contribution in [0.15, 0.2) is 47.8 Å². The number of nitrogens with one attached hydrogen (secondary N) is 1. The molecule has 1 N–H and O–H groups in total. The lowest BCUT2D eigenvalue weighted by molar-refractivity contribution is -0.127. The maximum atomic E-state index is 13.8. The predicted molar refractivity (Wildman–Crippen MR) is 127 cm³/mol.